The first kappa shape index (κ1) is 15.6. The maximum Gasteiger partial charge on any atom is 0.226 e. The van der Waals surface area contributed by atoms with Gasteiger partial charge in [0.2, 0.25) is 5.91 Å². The fourth-order valence-electron chi connectivity index (χ4n) is 2.67. The average molecular weight is 291 g/mol. The third kappa shape index (κ3) is 4.36. The Morgan fingerprint density at radius 2 is 2.05 bits per heavy atom. The third-order valence-corrected chi connectivity index (χ3v) is 3.99. The molecule has 1 heterocycles. The van der Waals surface area contributed by atoms with Crippen LogP contribution in [0.25, 0.3) is 0 Å². The molecule has 0 aromatic heterocycles. The summed E-state index contributed by atoms with van der Waals surface area (Å²) in [5.41, 5.74) is 6.33. The smallest absolute Gasteiger partial charge is 0.226 e. The Kier molecular flexibility index (Phi) is 5.44. The minimum atomic E-state index is 0.174. The first-order valence-electron chi connectivity index (χ1n) is 7.60. The standard InChI is InChI=1S/C16H25N3O2/c1-3-18-9-10-19(12-13(18)2)16(20)8-11-21-15-6-4-14(17)5-7-15/h4-7,13H,3,8-12,17H2,1-2H3. The van der Waals surface area contributed by atoms with Gasteiger partial charge in [0.05, 0.1) is 13.0 Å². The highest BCUT2D eigenvalue weighted by Gasteiger charge is 2.25. The van der Waals surface area contributed by atoms with E-state index in [-0.39, 0.29) is 5.91 Å². The second kappa shape index (κ2) is 7.31. The van der Waals surface area contributed by atoms with Crippen LogP contribution in [0.4, 0.5) is 5.69 Å². The summed E-state index contributed by atoms with van der Waals surface area (Å²) in [6, 6.07) is 7.67. The number of nitrogen functional groups attached to an aromatic ring is 1. The monoisotopic (exact) mass is 291 g/mol. The normalized spacial score (nSPS) is 19.5. The van der Waals surface area contributed by atoms with E-state index >= 15 is 0 Å². The van der Waals surface area contributed by atoms with Crippen molar-refractivity contribution in [1.82, 2.24) is 9.80 Å². The van der Waals surface area contributed by atoms with Gasteiger partial charge in [-0.25, -0.2) is 0 Å². The van der Waals surface area contributed by atoms with Gasteiger partial charge < -0.3 is 15.4 Å². The van der Waals surface area contributed by atoms with E-state index in [1.54, 1.807) is 12.1 Å². The average Bonchev–Trinajstić information content (AvgIpc) is 2.49. The van der Waals surface area contributed by atoms with Crippen molar-refractivity contribution in [1.29, 1.82) is 0 Å². The van der Waals surface area contributed by atoms with Gasteiger partial charge >= 0.3 is 0 Å². The van der Waals surface area contributed by atoms with Crippen molar-refractivity contribution >= 4 is 11.6 Å². The zero-order chi connectivity index (χ0) is 15.2. The van der Waals surface area contributed by atoms with Gasteiger partial charge in [0.25, 0.3) is 0 Å². The molecule has 0 aliphatic carbocycles. The lowest BCUT2D eigenvalue weighted by Gasteiger charge is -2.39. The van der Waals surface area contributed by atoms with Crippen LogP contribution in [0.1, 0.15) is 20.3 Å². The van der Waals surface area contributed by atoms with Gasteiger partial charge in [0.15, 0.2) is 0 Å². The Morgan fingerprint density at radius 3 is 2.67 bits per heavy atom. The van der Waals surface area contributed by atoms with Crippen LogP contribution in [0.2, 0.25) is 0 Å². The van der Waals surface area contributed by atoms with E-state index in [2.05, 4.69) is 18.7 Å². The largest absolute Gasteiger partial charge is 0.493 e. The van der Waals surface area contributed by atoms with Gasteiger partial charge in [-0.2, -0.15) is 0 Å². The van der Waals surface area contributed by atoms with Crippen molar-refractivity contribution in [3.63, 3.8) is 0 Å². The highest BCUT2D eigenvalue weighted by molar-refractivity contribution is 5.76. The summed E-state index contributed by atoms with van der Waals surface area (Å²) in [4.78, 5) is 16.5. The van der Waals surface area contributed by atoms with Crippen LogP contribution in [0.15, 0.2) is 24.3 Å². The van der Waals surface area contributed by atoms with Crippen molar-refractivity contribution in [2.24, 2.45) is 0 Å². The van der Waals surface area contributed by atoms with Gasteiger partial charge in [0.1, 0.15) is 5.75 Å². The fraction of sp³-hybridized carbons (Fsp3) is 0.562. The van der Waals surface area contributed by atoms with E-state index in [1.807, 2.05) is 17.0 Å². The number of carbonyl (C=O) groups is 1. The summed E-state index contributed by atoms with van der Waals surface area (Å²) in [7, 11) is 0. The zero-order valence-corrected chi connectivity index (χ0v) is 12.9. The summed E-state index contributed by atoms with van der Waals surface area (Å²) >= 11 is 0. The van der Waals surface area contributed by atoms with Crippen molar-refractivity contribution in [3.8, 4) is 5.75 Å². The Labute approximate surface area is 126 Å². The second-order valence-corrected chi connectivity index (χ2v) is 5.48. The van der Waals surface area contributed by atoms with Crippen LogP contribution < -0.4 is 10.5 Å². The molecule has 5 heteroatoms. The number of ether oxygens (including phenoxy) is 1. The zero-order valence-electron chi connectivity index (χ0n) is 12.9. The SMILES string of the molecule is CCN1CCN(C(=O)CCOc2ccc(N)cc2)CC1C. The number of nitrogens with zero attached hydrogens (tertiary/aromatic N) is 2. The third-order valence-electron chi connectivity index (χ3n) is 3.99. The lowest BCUT2D eigenvalue weighted by atomic mass is 10.2. The van der Waals surface area contributed by atoms with Gasteiger partial charge in [-0.15, -0.1) is 0 Å². The fourth-order valence-corrected chi connectivity index (χ4v) is 2.67. The number of piperazine rings is 1. The molecule has 0 spiro atoms. The Morgan fingerprint density at radius 1 is 1.33 bits per heavy atom. The maximum atomic E-state index is 12.2. The molecule has 0 saturated carbocycles. The molecule has 1 atom stereocenters. The van der Waals surface area contributed by atoms with E-state index in [4.69, 9.17) is 10.5 Å². The van der Waals surface area contributed by atoms with E-state index in [0.29, 0.717) is 24.8 Å². The topological polar surface area (TPSA) is 58.8 Å². The van der Waals surface area contributed by atoms with Gasteiger partial charge in [-0.3, -0.25) is 9.69 Å². The number of hydrogen-bond donors (Lipinski definition) is 1. The molecule has 5 nitrogen and oxygen atoms in total. The molecule has 2 N–H and O–H groups in total. The van der Waals surface area contributed by atoms with Gasteiger partial charge in [-0.05, 0) is 37.7 Å². The van der Waals surface area contributed by atoms with Gasteiger partial charge in [-0.1, -0.05) is 6.92 Å². The Bertz CT molecular complexity index is 461. The molecule has 1 aliphatic heterocycles. The van der Waals surface area contributed by atoms with Gasteiger partial charge in [0, 0.05) is 31.4 Å². The summed E-state index contributed by atoms with van der Waals surface area (Å²) in [6.45, 7) is 8.38. The molecular formula is C16H25N3O2. The number of likely N-dealkylation sites (N-methyl/N-ethyl adjacent to an activating group) is 1. The maximum absolute atomic E-state index is 12.2. The van der Waals surface area contributed by atoms with Crippen molar-refractivity contribution in [2.75, 3.05) is 38.5 Å². The number of amides is 1. The van der Waals surface area contributed by atoms with E-state index in [1.165, 1.54) is 0 Å². The number of nitrogens with two attached hydrogens (primary N) is 1. The summed E-state index contributed by atoms with van der Waals surface area (Å²) in [5, 5.41) is 0. The first-order chi connectivity index (χ1) is 10.1. The minimum absolute atomic E-state index is 0.174. The van der Waals surface area contributed by atoms with Crippen LogP contribution in [0, 0.1) is 0 Å². The highest BCUT2D eigenvalue weighted by Crippen LogP contribution is 2.14. The Hall–Kier alpha value is -1.75. The molecule has 1 aromatic rings. The second-order valence-electron chi connectivity index (χ2n) is 5.48. The number of benzene rings is 1. The van der Waals surface area contributed by atoms with Crippen LogP contribution in [-0.4, -0.2) is 54.5 Å². The molecule has 21 heavy (non-hydrogen) atoms. The molecule has 1 unspecified atom stereocenters. The molecule has 1 aromatic carbocycles. The molecule has 1 aliphatic rings. The lowest BCUT2D eigenvalue weighted by Crippen LogP contribution is -2.53. The van der Waals surface area contributed by atoms with Crippen molar-refractivity contribution in [2.45, 2.75) is 26.3 Å². The van der Waals surface area contributed by atoms with E-state index in [0.717, 1.165) is 31.9 Å². The molecule has 0 radical (unpaired) electrons. The molecule has 116 valence electrons. The molecule has 2 rings (SSSR count). The molecule has 0 bridgehead atoms. The van der Waals surface area contributed by atoms with Crippen LogP contribution in [0.5, 0.6) is 5.75 Å². The van der Waals surface area contributed by atoms with Crippen LogP contribution in [-0.2, 0) is 4.79 Å². The molecule has 1 saturated heterocycles. The quantitative estimate of drug-likeness (QED) is 0.837. The van der Waals surface area contributed by atoms with Crippen LogP contribution >= 0.6 is 0 Å². The highest BCUT2D eigenvalue weighted by atomic mass is 16.5. The van der Waals surface area contributed by atoms with Crippen molar-refractivity contribution < 1.29 is 9.53 Å². The van der Waals surface area contributed by atoms with E-state index in [9.17, 15) is 4.79 Å². The predicted molar refractivity (Wildman–Crippen MR) is 84.3 cm³/mol. The van der Waals surface area contributed by atoms with E-state index < -0.39 is 0 Å². The molecule has 1 amide bonds. The first-order valence-corrected chi connectivity index (χ1v) is 7.60. The number of anilines is 1. The lowest BCUT2D eigenvalue weighted by molar-refractivity contribution is -0.134. The van der Waals surface area contributed by atoms with Crippen LogP contribution in [0.3, 0.4) is 0 Å². The summed E-state index contributed by atoms with van der Waals surface area (Å²) < 4.78 is 5.58. The predicted octanol–water partition coefficient (Wildman–Crippen LogP) is 1.59. The summed E-state index contributed by atoms with van der Waals surface area (Å²) in [5.74, 6) is 0.925. The van der Waals surface area contributed by atoms with Crippen molar-refractivity contribution in [3.05, 3.63) is 24.3 Å². The molecular weight excluding hydrogens is 266 g/mol. The summed E-state index contributed by atoms with van der Waals surface area (Å²) in [6.07, 6.45) is 0.420. The molecule has 1 fully saturated rings. The number of rotatable bonds is 5. The minimum Gasteiger partial charge on any atom is -0.493 e. The number of carbonyl (C=O) groups excluding carboxylic acids is 1. The number of hydrogen-bond acceptors (Lipinski definition) is 4. The Balaban J connectivity index is 1.73.